The molecule has 16 heavy (non-hydrogen) atoms. The highest BCUT2D eigenvalue weighted by Crippen LogP contribution is 2.31. The fourth-order valence-electron chi connectivity index (χ4n) is 2.51. The molecule has 1 fully saturated rings. The molecule has 1 atom stereocenters. The molecule has 0 aromatic carbocycles. The zero-order valence-corrected chi connectivity index (χ0v) is 9.97. The molecule has 0 saturated carbocycles. The van der Waals surface area contributed by atoms with Crippen LogP contribution in [0.5, 0.6) is 0 Å². The van der Waals surface area contributed by atoms with Crippen LogP contribution in [-0.2, 0) is 7.05 Å². The number of likely N-dealkylation sites (tertiary alicyclic amines) is 1. The summed E-state index contributed by atoms with van der Waals surface area (Å²) in [5.41, 5.74) is 1.34. The van der Waals surface area contributed by atoms with Crippen LogP contribution in [0.4, 0.5) is 0 Å². The van der Waals surface area contributed by atoms with Crippen LogP contribution < -0.4 is 0 Å². The summed E-state index contributed by atoms with van der Waals surface area (Å²) < 4.78 is 1.87. The predicted octanol–water partition coefficient (Wildman–Crippen LogP) is 1.33. The number of nitrogens with zero attached hydrogens (tertiary/aromatic N) is 3. The van der Waals surface area contributed by atoms with E-state index >= 15 is 0 Å². The summed E-state index contributed by atoms with van der Waals surface area (Å²) in [6.07, 6.45) is 8.62. The normalized spacial score (nSPS) is 21.8. The van der Waals surface area contributed by atoms with Gasteiger partial charge in [-0.25, -0.2) is 0 Å². The topological polar surface area (TPSA) is 41.3 Å². The first-order chi connectivity index (χ1) is 7.81. The van der Waals surface area contributed by atoms with Crippen molar-refractivity contribution in [3.05, 3.63) is 18.0 Å². The molecule has 1 N–H and O–H groups in total. The van der Waals surface area contributed by atoms with Crippen molar-refractivity contribution in [2.75, 3.05) is 19.7 Å². The van der Waals surface area contributed by atoms with Crippen LogP contribution in [0.3, 0.4) is 0 Å². The summed E-state index contributed by atoms with van der Waals surface area (Å²) in [7, 11) is 1.97. The summed E-state index contributed by atoms with van der Waals surface area (Å²) in [6.45, 7) is 2.59. The molecule has 4 nitrogen and oxygen atoms in total. The van der Waals surface area contributed by atoms with Gasteiger partial charge in [0.25, 0.3) is 0 Å². The van der Waals surface area contributed by atoms with E-state index in [1.807, 2.05) is 17.9 Å². The van der Waals surface area contributed by atoms with E-state index in [1.165, 1.54) is 24.9 Å². The highest BCUT2D eigenvalue weighted by atomic mass is 16.2. The van der Waals surface area contributed by atoms with Gasteiger partial charge >= 0.3 is 0 Å². The Bertz CT molecular complexity index is 324. The molecule has 1 aliphatic rings. The van der Waals surface area contributed by atoms with E-state index in [0.29, 0.717) is 12.6 Å². The smallest absolute Gasteiger partial charge is 0.0537 e. The van der Waals surface area contributed by atoms with Gasteiger partial charge in [-0.3, -0.25) is 9.58 Å². The Morgan fingerprint density at radius 3 is 3.06 bits per heavy atom. The van der Waals surface area contributed by atoms with E-state index in [9.17, 15) is 0 Å². The maximum absolute atomic E-state index is 8.79. The Morgan fingerprint density at radius 1 is 1.50 bits per heavy atom. The molecule has 0 amide bonds. The van der Waals surface area contributed by atoms with Gasteiger partial charge in [0.1, 0.15) is 0 Å². The molecule has 2 heterocycles. The quantitative estimate of drug-likeness (QED) is 0.766. The minimum atomic E-state index is 0.311. The molecule has 2 rings (SSSR count). The highest BCUT2D eigenvalue weighted by Gasteiger charge is 2.26. The van der Waals surface area contributed by atoms with Crippen molar-refractivity contribution >= 4 is 0 Å². The van der Waals surface area contributed by atoms with Crippen LogP contribution in [0.2, 0.25) is 0 Å². The van der Waals surface area contributed by atoms with Crippen LogP contribution in [0.1, 0.15) is 37.3 Å². The summed E-state index contributed by atoms with van der Waals surface area (Å²) in [5.74, 6) is 0. The van der Waals surface area contributed by atoms with Gasteiger partial charge in [0.2, 0.25) is 0 Å². The second kappa shape index (κ2) is 5.46. The van der Waals surface area contributed by atoms with Gasteiger partial charge in [-0.05, 0) is 38.8 Å². The van der Waals surface area contributed by atoms with Crippen molar-refractivity contribution in [1.29, 1.82) is 0 Å². The van der Waals surface area contributed by atoms with Crippen LogP contribution in [-0.4, -0.2) is 39.5 Å². The number of aromatic nitrogens is 2. The van der Waals surface area contributed by atoms with E-state index in [-0.39, 0.29) is 0 Å². The lowest BCUT2D eigenvalue weighted by Gasteiger charge is -2.23. The lowest BCUT2D eigenvalue weighted by Crippen LogP contribution is -2.24. The lowest BCUT2D eigenvalue weighted by atomic mass is 10.1. The average molecular weight is 223 g/mol. The fourth-order valence-corrected chi connectivity index (χ4v) is 2.51. The first-order valence-corrected chi connectivity index (χ1v) is 6.14. The van der Waals surface area contributed by atoms with Gasteiger partial charge in [0.05, 0.1) is 6.20 Å². The molecular formula is C12H21N3O. The van der Waals surface area contributed by atoms with Crippen molar-refractivity contribution in [2.45, 2.75) is 31.7 Å². The number of aryl methyl sites for hydroxylation is 1. The van der Waals surface area contributed by atoms with Gasteiger partial charge in [-0.2, -0.15) is 5.10 Å². The number of aliphatic hydroxyl groups is 1. The molecule has 0 spiro atoms. The van der Waals surface area contributed by atoms with Gasteiger partial charge in [0, 0.05) is 31.5 Å². The van der Waals surface area contributed by atoms with Gasteiger partial charge in [-0.1, -0.05) is 0 Å². The molecule has 0 aliphatic carbocycles. The molecule has 1 aromatic heterocycles. The molecule has 1 aliphatic heterocycles. The number of unbranched alkanes of at least 4 members (excludes halogenated alkanes) is 1. The van der Waals surface area contributed by atoms with Crippen LogP contribution in [0.25, 0.3) is 0 Å². The zero-order valence-electron chi connectivity index (χ0n) is 9.97. The third-order valence-corrected chi connectivity index (χ3v) is 3.33. The Hall–Kier alpha value is -0.870. The monoisotopic (exact) mass is 223 g/mol. The Morgan fingerprint density at radius 2 is 2.38 bits per heavy atom. The van der Waals surface area contributed by atoms with Crippen LogP contribution in [0, 0.1) is 0 Å². The number of hydrogen-bond donors (Lipinski definition) is 1. The Balaban J connectivity index is 1.92. The van der Waals surface area contributed by atoms with Gasteiger partial charge < -0.3 is 5.11 Å². The van der Waals surface area contributed by atoms with Crippen molar-refractivity contribution in [1.82, 2.24) is 14.7 Å². The molecule has 1 unspecified atom stereocenters. The van der Waals surface area contributed by atoms with Crippen LogP contribution >= 0.6 is 0 Å². The van der Waals surface area contributed by atoms with Gasteiger partial charge in [-0.15, -0.1) is 0 Å². The standard InChI is InChI=1S/C12H21N3O/c1-14-10-11(9-13-14)12-5-4-7-15(12)6-2-3-8-16/h9-10,12,16H,2-8H2,1H3. The van der Waals surface area contributed by atoms with Crippen molar-refractivity contribution in [3.63, 3.8) is 0 Å². The summed E-state index contributed by atoms with van der Waals surface area (Å²) in [6, 6.07) is 0.549. The Kier molecular flexibility index (Phi) is 3.96. The van der Waals surface area contributed by atoms with Crippen LogP contribution in [0.15, 0.2) is 12.4 Å². The molecule has 1 aromatic rings. The molecular weight excluding hydrogens is 202 g/mol. The maximum atomic E-state index is 8.79. The molecule has 0 radical (unpaired) electrons. The van der Waals surface area contributed by atoms with E-state index < -0.39 is 0 Å². The summed E-state index contributed by atoms with van der Waals surface area (Å²) in [4.78, 5) is 2.52. The number of hydrogen-bond acceptors (Lipinski definition) is 3. The third-order valence-electron chi connectivity index (χ3n) is 3.33. The first-order valence-electron chi connectivity index (χ1n) is 6.14. The van der Waals surface area contributed by atoms with E-state index in [1.54, 1.807) is 0 Å². The predicted molar refractivity (Wildman–Crippen MR) is 63.1 cm³/mol. The second-order valence-corrected chi connectivity index (χ2v) is 4.57. The summed E-state index contributed by atoms with van der Waals surface area (Å²) in [5, 5.41) is 13.0. The van der Waals surface area contributed by atoms with E-state index in [4.69, 9.17) is 5.11 Å². The summed E-state index contributed by atoms with van der Waals surface area (Å²) >= 11 is 0. The number of rotatable bonds is 5. The fraction of sp³-hybridized carbons (Fsp3) is 0.750. The molecule has 90 valence electrons. The second-order valence-electron chi connectivity index (χ2n) is 4.57. The van der Waals surface area contributed by atoms with Crippen molar-refractivity contribution in [2.24, 2.45) is 7.05 Å². The molecule has 4 heteroatoms. The van der Waals surface area contributed by atoms with Crippen molar-refractivity contribution in [3.8, 4) is 0 Å². The SMILES string of the molecule is Cn1cc(C2CCCN2CCCCO)cn1. The third kappa shape index (κ3) is 2.62. The molecule has 0 bridgehead atoms. The van der Waals surface area contributed by atoms with E-state index in [0.717, 1.165) is 19.4 Å². The maximum Gasteiger partial charge on any atom is 0.0537 e. The largest absolute Gasteiger partial charge is 0.396 e. The minimum absolute atomic E-state index is 0.311. The van der Waals surface area contributed by atoms with E-state index in [2.05, 4.69) is 16.2 Å². The number of aliphatic hydroxyl groups excluding tert-OH is 1. The zero-order chi connectivity index (χ0) is 11.4. The highest BCUT2D eigenvalue weighted by molar-refractivity contribution is 5.12. The van der Waals surface area contributed by atoms with Crippen molar-refractivity contribution < 1.29 is 5.11 Å². The lowest BCUT2D eigenvalue weighted by molar-refractivity contribution is 0.231. The average Bonchev–Trinajstić information content (AvgIpc) is 2.87. The van der Waals surface area contributed by atoms with Gasteiger partial charge in [0.15, 0.2) is 0 Å². The first kappa shape index (κ1) is 11.6. The molecule has 1 saturated heterocycles. The Labute approximate surface area is 96.9 Å². The minimum Gasteiger partial charge on any atom is -0.396 e.